The summed E-state index contributed by atoms with van der Waals surface area (Å²) in [6.45, 7) is 3.18. The number of thiazole rings is 1. The third-order valence-electron chi connectivity index (χ3n) is 5.80. The molecule has 5 rings (SSSR count). The molecule has 4 aromatic rings. The molecule has 0 amide bonds. The van der Waals surface area contributed by atoms with Crippen molar-refractivity contribution in [1.29, 1.82) is 0 Å². The maximum Gasteiger partial charge on any atom is 0.271 e. The number of aromatic nitrogens is 1. The number of benzene rings is 2. The Hall–Kier alpha value is -3.89. The molecule has 180 valence electrons. The second-order valence-electron chi connectivity index (χ2n) is 8.20. The van der Waals surface area contributed by atoms with Crippen LogP contribution in [0.25, 0.3) is 17.4 Å². The molecule has 10 heteroatoms. The van der Waals surface area contributed by atoms with Gasteiger partial charge in [0.25, 0.3) is 11.2 Å². The highest BCUT2D eigenvalue weighted by Gasteiger charge is 2.33. The monoisotopic (exact) mass is 563 g/mol. The fourth-order valence-corrected chi connectivity index (χ4v) is 5.50. The Morgan fingerprint density at radius 3 is 2.64 bits per heavy atom. The largest absolute Gasteiger partial charge is 0.458 e. The molecule has 1 atom stereocenters. The molecular formula is C26H18BrN3O5S. The zero-order chi connectivity index (χ0) is 25.6. The van der Waals surface area contributed by atoms with E-state index in [1.54, 1.807) is 31.2 Å². The van der Waals surface area contributed by atoms with Crippen LogP contribution in [0.2, 0.25) is 0 Å². The van der Waals surface area contributed by atoms with Crippen LogP contribution in [-0.2, 0) is 4.79 Å². The fraction of sp³-hybridized carbons (Fsp3) is 0.115. The Kier molecular flexibility index (Phi) is 6.15. The van der Waals surface area contributed by atoms with Crippen LogP contribution in [-0.4, -0.2) is 15.3 Å². The molecule has 1 aliphatic rings. The second-order valence-corrected chi connectivity index (χ2v) is 10.1. The van der Waals surface area contributed by atoms with Gasteiger partial charge in [-0.25, -0.2) is 4.99 Å². The van der Waals surface area contributed by atoms with Crippen molar-refractivity contribution in [1.82, 2.24) is 4.57 Å². The summed E-state index contributed by atoms with van der Waals surface area (Å²) in [4.78, 5) is 41.9. The third kappa shape index (κ3) is 4.29. The Morgan fingerprint density at radius 2 is 1.94 bits per heavy atom. The minimum absolute atomic E-state index is 0.0693. The first kappa shape index (κ1) is 23.8. The Balaban J connectivity index is 1.67. The molecule has 0 aliphatic carbocycles. The lowest BCUT2D eigenvalue weighted by molar-refractivity contribution is -0.384. The smallest absolute Gasteiger partial charge is 0.271 e. The highest BCUT2D eigenvalue weighted by Crippen LogP contribution is 2.34. The number of furan rings is 1. The van der Waals surface area contributed by atoms with Crippen LogP contribution in [0.15, 0.2) is 90.6 Å². The van der Waals surface area contributed by atoms with Gasteiger partial charge in [0.2, 0.25) is 0 Å². The van der Waals surface area contributed by atoms with Crippen molar-refractivity contribution < 1.29 is 14.1 Å². The predicted molar refractivity (Wildman–Crippen MR) is 139 cm³/mol. The molecule has 8 nitrogen and oxygen atoms in total. The number of carbonyl (C=O) groups is 1. The van der Waals surface area contributed by atoms with Crippen molar-refractivity contribution >= 4 is 44.8 Å². The van der Waals surface area contributed by atoms with E-state index in [1.807, 2.05) is 30.3 Å². The van der Waals surface area contributed by atoms with E-state index in [-0.39, 0.29) is 17.0 Å². The normalized spacial score (nSPS) is 15.5. The first-order valence-corrected chi connectivity index (χ1v) is 12.5. The molecule has 2 aromatic heterocycles. The number of carbonyl (C=O) groups excluding carboxylic acids is 1. The van der Waals surface area contributed by atoms with E-state index in [0.717, 1.165) is 21.4 Å². The van der Waals surface area contributed by atoms with E-state index in [9.17, 15) is 19.7 Å². The van der Waals surface area contributed by atoms with Crippen LogP contribution in [0.1, 0.15) is 31.2 Å². The third-order valence-corrected chi connectivity index (χ3v) is 7.32. The first-order valence-electron chi connectivity index (χ1n) is 10.9. The minimum Gasteiger partial charge on any atom is -0.458 e. The average Bonchev–Trinajstić information content (AvgIpc) is 3.44. The summed E-state index contributed by atoms with van der Waals surface area (Å²) in [7, 11) is 0. The van der Waals surface area contributed by atoms with Gasteiger partial charge in [-0.1, -0.05) is 51.5 Å². The molecule has 0 spiro atoms. The van der Waals surface area contributed by atoms with E-state index in [2.05, 4.69) is 20.9 Å². The second kappa shape index (κ2) is 9.29. The van der Waals surface area contributed by atoms with Crippen LogP contribution >= 0.6 is 27.3 Å². The summed E-state index contributed by atoms with van der Waals surface area (Å²) >= 11 is 4.58. The van der Waals surface area contributed by atoms with Gasteiger partial charge in [-0.05, 0) is 49.8 Å². The molecule has 3 heterocycles. The fourth-order valence-electron chi connectivity index (χ4n) is 4.19. The summed E-state index contributed by atoms with van der Waals surface area (Å²) in [6.07, 6.45) is 1.59. The summed E-state index contributed by atoms with van der Waals surface area (Å²) in [6, 6.07) is 16.5. The van der Waals surface area contributed by atoms with Gasteiger partial charge in [-0.3, -0.25) is 24.3 Å². The predicted octanol–water partition coefficient (Wildman–Crippen LogP) is 4.75. The quantitative estimate of drug-likeness (QED) is 0.257. The molecule has 36 heavy (non-hydrogen) atoms. The van der Waals surface area contributed by atoms with Crippen molar-refractivity contribution in [3.63, 3.8) is 0 Å². The van der Waals surface area contributed by atoms with Gasteiger partial charge < -0.3 is 4.42 Å². The van der Waals surface area contributed by atoms with Crippen molar-refractivity contribution in [3.8, 4) is 11.3 Å². The lowest BCUT2D eigenvalue weighted by Gasteiger charge is -2.22. The van der Waals surface area contributed by atoms with Crippen molar-refractivity contribution in [3.05, 3.63) is 118 Å². The number of ketones is 1. The van der Waals surface area contributed by atoms with Crippen LogP contribution in [0.5, 0.6) is 0 Å². The van der Waals surface area contributed by atoms with Gasteiger partial charge in [0.15, 0.2) is 10.6 Å². The summed E-state index contributed by atoms with van der Waals surface area (Å²) < 4.78 is 8.92. The van der Waals surface area contributed by atoms with Gasteiger partial charge in [0.1, 0.15) is 17.6 Å². The minimum atomic E-state index is -0.782. The number of non-ortho nitro benzene ring substituents is 1. The van der Waals surface area contributed by atoms with Crippen molar-refractivity contribution in [2.24, 2.45) is 4.99 Å². The van der Waals surface area contributed by atoms with E-state index in [4.69, 9.17) is 4.42 Å². The first-order chi connectivity index (χ1) is 17.2. The van der Waals surface area contributed by atoms with Crippen molar-refractivity contribution in [2.75, 3.05) is 0 Å². The summed E-state index contributed by atoms with van der Waals surface area (Å²) in [5.41, 5.74) is 1.83. The topological polar surface area (TPSA) is 108 Å². The molecule has 0 saturated heterocycles. The number of fused-ring (bicyclic) bond motifs is 1. The highest BCUT2D eigenvalue weighted by molar-refractivity contribution is 9.10. The number of nitrogens with zero attached hydrogens (tertiary/aromatic N) is 3. The Labute approximate surface area is 216 Å². The maximum atomic E-state index is 13.6. The van der Waals surface area contributed by atoms with Gasteiger partial charge in [0.05, 0.1) is 9.46 Å². The van der Waals surface area contributed by atoms with Crippen LogP contribution < -0.4 is 14.9 Å². The van der Waals surface area contributed by atoms with Crippen LogP contribution in [0.3, 0.4) is 0 Å². The highest BCUT2D eigenvalue weighted by atomic mass is 79.9. The molecular weight excluding hydrogens is 546 g/mol. The lowest BCUT2D eigenvalue weighted by Crippen LogP contribution is -2.39. The van der Waals surface area contributed by atoms with Crippen molar-refractivity contribution in [2.45, 2.75) is 19.9 Å². The number of hydrogen-bond donors (Lipinski definition) is 0. The summed E-state index contributed by atoms with van der Waals surface area (Å²) in [5, 5.41) is 11.2. The average molecular weight is 564 g/mol. The number of rotatable bonds is 5. The van der Waals surface area contributed by atoms with Gasteiger partial charge in [-0.15, -0.1) is 0 Å². The Bertz CT molecular complexity index is 1740. The Morgan fingerprint density at radius 1 is 1.19 bits per heavy atom. The van der Waals surface area contributed by atoms with Gasteiger partial charge in [-0.2, -0.15) is 0 Å². The zero-order valence-corrected chi connectivity index (χ0v) is 21.5. The SMILES string of the molecule is CC(=O)C1=C(C)N=c2s/c(=C/c3cccc([N+](=O)[O-])c3)c(=O)n2[C@@H]1c1ccc(-c2ccc(Br)cc2)o1. The van der Waals surface area contributed by atoms with E-state index >= 15 is 0 Å². The number of halogens is 1. The zero-order valence-electron chi connectivity index (χ0n) is 19.1. The number of allylic oxidation sites excluding steroid dienone is 2. The van der Waals surface area contributed by atoms with E-state index in [1.165, 1.54) is 23.6 Å². The molecule has 0 N–H and O–H groups in total. The van der Waals surface area contributed by atoms with Gasteiger partial charge >= 0.3 is 0 Å². The number of Topliss-reactive ketones (excluding diaryl/α,β-unsaturated/α-hetero) is 1. The summed E-state index contributed by atoms with van der Waals surface area (Å²) in [5.74, 6) is 0.833. The molecule has 1 aliphatic heterocycles. The van der Waals surface area contributed by atoms with E-state index in [0.29, 0.717) is 37.7 Å². The van der Waals surface area contributed by atoms with Gasteiger partial charge in [0, 0.05) is 33.4 Å². The van der Waals surface area contributed by atoms with E-state index < -0.39 is 11.0 Å². The molecule has 0 saturated carbocycles. The molecule has 0 fully saturated rings. The molecule has 2 aromatic carbocycles. The van der Waals surface area contributed by atoms with Crippen LogP contribution in [0, 0.1) is 10.1 Å². The number of nitro groups is 1. The molecule has 0 radical (unpaired) electrons. The maximum absolute atomic E-state index is 13.6. The molecule has 0 unspecified atom stereocenters. The number of nitro benzene ring substituents is 1. The number of hydrogen-bond acceptors (Lipinski definition) is 7. The molecule has 0 bridgehead atoms. The standard InChI is InChI=1S/C26H18BrN3O5S/c1-14-23(15(2)31)24(21-11-10-20(35-21)17-6-8-18(27)9-7-17)29-25(32)22(36-26(29)28-14)13-16-4-3-5-19(12-16)30(33)34/h3-13,24H,1-2H3/b22-13+/t24-/m1/s1. The van der Waals surface area contributed by atoms with Crippen LogP contribution in [0.4, 0.5) is 5.69 Å². The lowest BCUT2D eigenvalue weighted by atomic mass is 9.98.